The summed E-state index contributed by atoms with van der Waals surface area (Å²) in [5.41, 5.74) is 8.65. The molecule has 194 valence electrons. The minimum Gasteiger partial charge on any atom is -0.383 e. The summed E-state index contributed by atoms with van der Waals surface area (Å²) in [5, 5.41) is 19.6. The summed E-state index contributed by atoms with van der Waals surface area (Å²) in [6.07, 6.45) is 6.72. The normalized spacial score (nSPS) is 17.0. The minimum absolute atomic E-state index is 0.0304. The first-order chi connectivity index (χ1) is 18.0. The van der Waals surface area contributed by atoms with Gasteiger partial charge >= 0.3 is 0 Å². The van der Waals surface area contributed by atoms with Crippen molar-refractivity contribution in [2.45, 2.75) is 52.0 Å². The van der Waals surface area contributed by atoms with Gasteiger partial charge in [0, 0.05) is 41.8 Å². The van der Waals surface area contributed by atoms with Crippen LogP contribution in [0.3, 0.4) is 0 Å². The number of nitriles is 1. The molecule has 0 amide bonds. The van der Waals surface area contributed by atoms with E-state index in [1.165, 1.54) is 18.5 Å². The van der Waals surface area contributed by atoms with Crippen molar-refractivity contribution in [1.82, 2.24) is 25.9 Å². The fourth-order valence-electron chi connectivity index (χ4n) is 4.45. The van der Waals surface area contributed by atoms with E-state index < -0.39 is 11.3 Å². The van der Waals surface area contributed by atoms with E-state index in [1.54, 1.807) is 13.0 Å². The third-order valence-electron chi connectivity index (χ3n) is 6.61. The molecule has 5 rings (SSSR count). The van der Waals surface area contributed by atoms with E-state index in [0.29, 0.717) is 62.4 Å². The Bertz CT molecular complexity index is 1480. The summed E-state index contributed by atoms with van der Waals surface area (Å²) in [4.78, 5) is 8.65. The lowest BCUT2D eigenvalue weighted by atomic mass is 9.69. The molecule has 1 fully saturated rings. The maximum Gasteiger partial charge on any atom is 0.141 e. The standard InChI is InChI=1S/C27H29BClFN8/c1-15-21(7-17(30)12-32-15)27(28,23-13-38(37-36-23)19-5-6-19)35-18-8-20-24(34-14-26(2,3)4)16(10-31)11-33-25(20)22(29)9-18/h7-9,11-13,19,35-37H,5-6,14H2,1-4H3,(H,33,34)/t27-/m0/s1. The molecule has 4 N–H and O–H groups in total. The van der Waals surface area contributed by atoms with Crippen molar-refractivity contribution >= 4 is 41.7 Å². The number of benzene rings is 1. The van der Waals surface area contributed by atoms with Crippen LogP contribution in [0.15, 0.2) is 42.5 Å². The number of halogens is 2. The first-order valence-electron chi connectivity index (χ1n) is 12.5. The van der Waals surface area contributed by atoms with Crippen LogP contribution in [0.1, 0.15) is 50.4 Å². The number of nitrogens with zero attached hydrogens (tertiary/aromatic N) is 4. The van der Waals surface area contributed by atoms with Crippen LogP contribution in [0.5, 0.6) is 0 Å². The van der Waals surface area contributed by atoms with Gasteiger partial charge in [-0.15, -0.1) is 5.53 Å². The molecule has 38 heavy (non-hydrogen) atoms. The zero-order valence-electron chi connectivity index (χ0n) is 21.8. The molecule has 1 atom stereocenters. The third-order valence-corrected chi connectivity index (χ3v) is 6.90. The molecule has 1 aliphatic heterocycles. The Hall–Kier alpha value is -3.55. The van der Waals surface area contributed by atoms with Crippen molar-refractivity contribution in [1.29, 1.82) is 5.26 Å². The Balaban J connectivity index is 1.63. The van der Waals surface area contributed by atoms with Crippen LogP contribution in [-0.2, 0) is 5.44 Å². The second-order valence-corrected chi connectivity index (χ2v) is 11.5. The second-order valence-electron chi connectivity index (χ2n) is 11.1. The topological polar surface area (TPSA) is 101 Å². The van der Waals surface area contributed by atoms with E-state index in [2.05, 4.69) is 58.4 Å². The Morgan fingerprint density at radius 3 is 2.68 bits per heavy atom. The van der Waals surface area contributed by atoms with Gasteiger partial charge in [-0.25, -0.2) is 4.39 Å². The highest BCUT2D eigenvalue weighted by Gasteiger charge is 2.39. The molecule has 2 aromatic heterocycles. The highest BCUT2D eigenvalue weighted by Crippen LogP contribution is 2.39. The zero-order valence-corrected chi connectivity index (χ0v) is 22.5. The van der Waals surface area contributed by atoms with E-state index >= 15 is 0 Å². The molecular formula is C27H29BClFN8. The predicted molar refractivity (Wildman–Crippen MR) is 149 cm³/mol. The van der Waals surface area contributed by atoms with E-state index in [4.69, 9.17) is 19.4 Å². The lowest BCUT2D eigenvalue weighted by molar-refractivity contribution is 0.260. The number of hydrazine groups is 2. The second kappa shape index (κ2) is 9.64. The molecule has 0 bridgehead atoms. The molecule has 11 heteroatoms. The number of aromatic nitrogens is 2. The van der Waals surface area contributed by atoms with Crippen LogP contribution < -0.4 is 21.6 Å². The molecule has 8 nitrogen and oxygen atoms in total. The maximum absolute atomic E-state index is 14.4. The largest absolute Gasteiger partial charge is 0.383 e. The molecule has 0 unspecified atom stereocenters. The lowest BCUT2D eigenvalue weighted by Crippen LogP contribution is -2.46. The van der Waals surface area contributed by atoms with Gasteiger partial charge in [-0.2, -0.15) is 5.26 Å². The summed E-state index contributed by atoms with van der Waals surface area (Å²) in [6, 6.07) is 7.55. The highest BCUT2D eigenvalue weighted by molar-refractivity contribution is 6.36. The Labute approximate surface area is 228 Å². The van der Waals surface area contributed by atoms with Crippen LogP contribution >= 0.6 is 11.6 Å². The first kappa shape index (κ1) is 26.1. The first-order valence-corrected chi connectivity index (χ1v) is 12.8. The number of rotatable bonds is 7. The molecule has 0 spiro atoms. The monoisotopic (exact) mass is 530 g/mol. The molecule has 1 aromatic carbocycles. The van der Waals surface area contributed by atoms with Crippen LogP contribution in [0.25, 0.3) is 10.9 Å². The van der Waals surface area contributed by atoms with Gasteiger partial charge in [-0.05, 0) is 48.9 Å². The quantitative estimate of drug-likeness (QED) is 0.323. The fraction of sp³-hybridized carbons (Fsp3) is 0.370. The van der Waals surface area contributed by atoms with Crippen molar-refractivity contribution in [3.8, 4) is 6.07 Å². The maximum atomic E-state index is 14.4. The van der Waals surface area contributed by atoms with Gasteiger partial charge in [0.1, 0.15) is 19.7 Å². The average molecular weight is 531 g/mol. The van der Waals surface area contributed by atoms with Crippen molar-refractivity contribution in [2.24, 2.45) is 5.41 Å². The van der Waals surface area contributed by atoms with Crippen molar-refractivity contribution in [2.75, 3.05) is 17.2 Å². The number of fused-ring (bicyclic) bond motifs is 1. The smallest absolute Gasteiger partial charge is 0.141 e. The van der Waals surface area contributed by atoms with Gasteiger partial charge in [-0.3, -0.25) is 15.0 Å². The summed E-state index contributed by atoms with van der Waals surface area (Å²) < 4.78 is 14.4. The number of pyridine rings is 2. The number of nitrogens with one attached hydrogen (secondary N) is 4. The van der Waals surface area contributed by atoms with Gasteiger partial charge in [0.15, 0.2) is 0 Å². The number of hydrogen-bond acceptors (Lipinski definition) is 8. The molecule has 0 saturated heterocycles. The lowest BCUT2D eigenvalue weighted by Gasteiger charge is -2.35. The predicted octanol–water partition coefficient (Wildman–Crippen LogP) is 4.82. The van der Waals surface area contributed by atoms with Gasteiger partial charge < -0.3 is 16.1 Å². The summed E-state index contributed by atoms with van der Waals surface area (Å²) in [5.74, 6) is -0.499. The number of hydrogen-bond donors (Lipinski definition) is 4. The molecule has 2 radical (unpaired) electrons. The van der Waals surface area contributed by atoms with Crippen LogP contribution in [0.4, 0.5) is 15.8 Å². The zero-order chi connectivity index (χ0) is 27.2. The molecule has 3 heterocycles. The van der Waals surface area contributed by atoms with Gasteiger partial charge in [0.25, 0.3) is 0 Å². The van der Waals surface area contributed by atoms with E-state index in [9.17, 15) is 9.65 Å². The molecule has 1 aliphatic carbocycles. The van der Waals surface area contributed by atoms with Crippen molar-refractivity contribution in [3.63, 3.8) is 0 Å². The van der Waals surface area contributed by atoms with Crippen molar-refractivity contribution < 1.29 is 4.39 Å². The number of aryl methyl sites for hydroxylation is 1. The van der Waals surface area contributed by atoms with E-state index in [0.717, 1.165) is 12.8 Å². The van der Waals surface area contributed by atoms with E-state index in [1.807, 2.05) is 17.3 Å². The SMILES string of the molecule is [B][C@@](Nc1cc(Cl)c2ncc(C#N)c(NCC(C)(C)C)c2c1)(C1=CN(C2CC2)NN1)c1cc(F)cnc1C. The van der Waals surface area contributed by atoms with Crippen LogP contribution in [0, 0.1) is 29.5 Å². The molecule has 3 aromatic rings. The van der Waals surface area contributed by atoms with E-state index in [-0.39, 0.29) is 5.41 Å². The molecule has 2 aliphatic rings. The van der Waals surface area contributed by atoms with Crippen LogP contribution in [0.2, 0.25) is 5.02 Å². The summed E-state index contributed by atoms with van der Waals surface area (Å²) in [6.45, 7) is 8.73. The summed E-state index contributed by atoms with van der Waals surface area (Å²) in [7, 11) is 7.07. The highest BCUT2D eigenvalue weighted by atomic mass is 35.5. The Morgan fingerprint density at radius 1 is 1.24 bits per heavy atom. The Morgan fingerprint density at radius 2 is 2.00 bits per heavy atom. The van der Waals surface area contributed by atoms with Gasteiger partial charge in [0.2, 0.25) is 0 Å². The minimum atomic E-state index is -1.40. The molecule has 1 saturated carbocycles. The fourth-order valence-corrected chi connectivity index (χ4v) is 4.72. The molecular weight excluding hydrogens is 502 g/mol. The third kappa shape index (κ3) is 5.09. The number of anilines is 2. The average Bonchev–Trinajstić information content (AvgIpc) is 3.59. The van der Waals surface area contributed by atoms with Gasteiger partial charge in [0.05, 0.1) is 39.1 Å². The van der Waals surface area contributed by atoms with Crippen molar-refractivity contribution in [3.05, 3.63) is 70.2 Å². The summed E-state index contributed by atoms with van der Waals surface area (Å²) >= 11 is 6.71. The Kier molecular flexibility index (Phi) is 6.62. The van der Waals surface area contributed by atoms with Gasteiger partial charge in [-0.1, -0.05) is 32.4 Å². The van der Waals surface area contributed by atoms with Crippen LogP contribution in [-0.4, -0.2) is 35.4 Å².